The van der Waals surface area contributed by atoms with E-state index >= 15 is 0 Å². The normalized spacial score (nSPS) is 11.7. The van der Waals surface area contributed by atoms with Gasteiger partial charge < -0.3 is 24.4 Å². The van der Waals surface area contributed by atoms with Gasteiger partial charge in [0.1, 0.15) is 6.79 Å². The Labute approximate surface area is 358 Å². The Morgan fingerprint density at radius 3 is 1.61 bits per heavy atom. The molecule has 0 amide bonds. The third-order valence-corrected chi connectivity index (χ3v) is 12.1. The van der Waals surface area contributed by atoms with Crippen molar-refractivity contribution in [2.75, 3.05) is 51.5 Å². The van der Waals surface area contributed by atoms with E-state index in [0.717, 1.165) is 56.9 Å². The van der Waals surface area contributed by atoms with Crippen molar-refractivity contribution < 1.29 is 19.0 Å². The van der Waals surface area contributed by atoms with Crippen LogP contribution in [0.2, 0.25) is 0 Å². The Kier molecular flexibility index (Phi) is 41.8. The summed E-state index contributed by atoms with van der Waals surface area (Å²) < 4.78 is 17.7. The molecule has 0 spiro atoms. The van der Waals surface area contributed by atoms with E-state index in [0.29, 0.717) is 25.9 Å². The highest BCUT2D eigenvalue weighted by Gasteiger charge is 2.10. The van der Waals surface area contributed by atoms with Crippen molar-refractivity contribution in [3.63, 3.8) is 0 Å². The van der Waals surface area contributed by atoms with Crippen LogP contribution in [0.15, 0.2) is 11.6 Å². The molecule has 0 aliphatic heterocycles. The number of unbranched alkanes of at least 4 members (excludes halogenated alkanes) is 25. The zero-order chi connectivity index (χ0) is 41.0. The fraction of sp³-hybridized carbons (Fsp3) is 0.918. The second kappa shape index (κ2) is 44.3. The van der Waals surface area contributed by atoms with Crippen LogP contribution in [0, 0.1) is 0 Å². The van der Waals surface area contributed by atoms with Crippen molar-refractivity contribution >= 4 is 22.4 Å². The van der Waals surface area contributed by atoms with Crippen LogP contribution in [0.25, 0.3) is 0 Å². The zero-order valence-corrected chi connectivity index (χ0v) is 39.0. The summed E-state index contributed by atoms with van der Waals surface area (Å²) >= 11 is 1.68. The molecule has 0 bridgehead atoms. The average Bonchev–Trinajstić information content (AvgIpc) is 3.74. The summed E-state index contributed by atoms with van der Waals surface area (Å²) in [7, 11) is 0. The first-order chi connectivity index (χ1) is 28.2. The Bertz CT molecular complexity index is 904. The number of hydrogen-bond acceptors (Lipinski definition) is 8. The lowest BCUT2D eigenvalue weighted by Crippen LogP contribution is -2.28. The topological polar surface area (TPSA) is 72.9 Å². The van der Waals surface area contributed by atoms with E-state index in [-0.39, 0.29) is 5.97 Å². The number of rotatable bonds is 47. The first-order valence-corrected chi connectivity index (χ1v) is 25.8. The first kappa shape index (κ1) is 53.8. The molecule has 1 heterocycles. The van der Waals surface area contributed by atoms with Crippen molar-refractivity contribution in [2.24, 2.45) is 0 Å². The van der Waals surface area contributed by atoms with Gasteiger partial charge in [-0.3, -0.25) is 4.79 Å². The molecule has 0 saturated carbocycles. The number of nitrogens with one attached hydrogen (secondary N) is 1. The quantitative estimate of drug-likeness (QED) is 0.0399. The van der Waals surface area contributed by atoms with Gasteiger partial charge in [0.25, 0.3) is 0 Å². The van der Waals surface area contributed by atoms with Crippen LogP contribution in [-0.2, 0) is 19.0 Å². The number of anilines is 1. The smallest absolute Gasteiger partial charge is 0.305 e. The molecule has 0 unspecified atom stereocenters. The third kappa shape index (κ3) is 38.7. The van der Waals surface area contributed by atoms with Crippen molar-refractivity contribution in [1.29, 1.82) is 0 Å². The number of thiazole rings is 1. The first-order valence-electron chi connectivity index (χ1n) is 24.9. The van der Waals surface area contributed by atoms with Crippen LogP contribution < -0.4 is 5.32 Å². The lowest BCUT2D eigenvalue weighted by molar-refractivity contribution is -0.143. The van der Waals surface area contributed by atoms with E-state index in [2.05, 4.69) is 36.0 Å². The van der Waals surface area contributed by atoms with Crippen molar-refractivity contribution in [3.8, 4) is 0 Å². The highest BCUT2D eigenvalue weighted by atomic mass is 32.1. The third-order valence-electron chi connectivity index (χ3n) is 11.4. The standard InChI is InChI=1S/C49H95N3O4S/c1-4-7-10-13-17-26-33-44-55-48(53)37-29-22-19-24-31-41-52(42-34-38-50-49-51-39-45-57-49)40-30-23-16-18-25-32-43-54-46-56-47(35-27-20-14-11-8-5-2)36-28-21-15-12-9-6-3/h39,45,47H,4-38,40-44,46H2,1-3H3,(H,50,51). The number of esters is 1. The Morgan fingerprint density at radius 1 is 0.596 bits per heavy atom. The maximum absolute atomic E-state index is 12.1. The summed E-state index contributed by atoms with van der Waals surface area (Å²) in [6.07, 6.45) is 44.7. The number of nitrogens with zero attached hydrogens (tertiary/aromatic N) is 2. The largest absolute Gasteiger partial charge is 0.466 e. The van der Waals surface area contributed by atoms with Gasteiger partial charge >= 0.3 is 5.97 Å². The molecule has 0 aliphatic carbocycles. The summed E-state index contributed by atoms with van der Waals surface area (Å²) in [4.78, 5) is 19.2. The molecule has 0 radical (unpaired) electrons. The fourth-order valence-corrected chi connectivity index (χ4v) is 8.22. The SMILES string of the molecule is CCCCCCCCCOC(=O)CCCCCCCN(CCCCCCCCOCOC(CCCCCCCC)CCCCCCCC)CCCNc1nccs1. The molecule has 1 aromatic rings. The zero-order valence-electron chi connectivity index (χ0n) is 38.2. The van der Waals surface area contributed by atoms with Gasteiger partial charge in [-0.2, -0.15) is 0 Å². The van der Waals surface area contributed by atoms with Crippen LogP contribution in [0.4, 0.5) is 5.13 Å². The number of hydrogen-bond donors (Lipinski definition) is 1. The molecule has 1 aromatic heterocycles. The minimum Gasteiger partial charge on any atom is -0.466 e. The van der Waals surface area contributed by atoms with Crippen LogP contribution in [0.3, 0.4) is 0 Å². The molecule has 0 saturated heterocycles. The maximum Gasteiger partial charge on any atom is 0.305 e. The lowest BCUT2D eigenvalue weighted by Gasteiger charge is -2.22. The molecule has 1 rings (SSSR count). The van der Waals surface area contributed by atoms with Gasteiger partial charge in [0.15, 0.2) is 5.13 Å². The molecule has 8 heteroatoms. The number of carbonyl (C=O) groups is 1. The molecule has 1 N–H and O–H groups in total. The predicted molar refractivity (Wildman–Crippen MR) is 248 cm³/mol. The lowest BCUT2D eigenvalue weighted by atomic mass is 10.0. The van der Waals surface area contributed by atoms with E-state index < -0.39 is 0 Å². The Morgan fingerprint density at radius 2 is 1.07 bits per heavy atom. The molecule has 0 fully saturated rings. The fourth-order valence-electron chi connectivity index (χ4n) is 7.66. The summed E-state index contributed by atoms with van der Waals surface area (Å²) in [5.41, 5.74) is 0. The molecule has 7 nitrogen and oxygen atoms in total. The highest BCUT2D eigenvalue weighted by Crippen LogP contribution is 2.18. The van der Waals surface area contributed by atoms with Gasteiger partial charge in [-0.05, 0) is 71.0 Å². The number of aromatic nitrogens is 1. The minimum absolute atomic E-state index is 0.00201. The molecule has 0 atom stereocenters. The monoisotopic (exact) mass is 822 g/mol. The molecule has 0 aliphatic rings. The summed E-state index contributed by atoms with van der Waals surface area (Å²) in [6.45, 7) is 13.2. The molecular weight excluding hydrogens is 727 g/mol. The Balaban J connectivity index is 2.16. The highest BCUT2D eigenvalue weighted by molar-refractivity contribution is 7.13. The van der Waals surface area contributed by atoms with Crippen molar-refractivity contribution in [1.82, 2.24) is 9.88 Å². The van der Waals surface area contributed by atoms with Crippen molar-refractivity contribution in [2.45, 2.75) is 245 Å². The van der Waals surface area contributed by atoms with Crippen molar-refractivity contribution in [3.05, 3.63) is 11.6 Å². The van der Waals surface area contributed by atoms with Gasteiger partial charge in [0.05, 0.1) is 12.7 Å². The summed E-state index contributed by atoms with van der Waals surface area (Å²) in [6, 6.07) is 0. The van der Waals surface area contributed by atoms with E-state index in [1.54, 1.807) is 11.3 Å². The van der Waals surface area contributed by atoms with Gasteiger partial charge in [-0.25, -0.2) is 4.98 Å². The second-order valence-corrected chi connectivity index (χ2v) is 17.8. The van der Waals surface area contributed by atoms with Crippen LogP contribution >= 0.6 is 11.3 Å². The van der Waals surface area contributed by atoms with Crippen LogP contribution in [0.1, 0.15) is 239 Å². The van der Waals surface area contributed by atoms with E-state index in [9.17, 15) is 4.79 Å². The molecule has 57 heavy (non-hydrogen) atoms. The van der Waals surface area contributed by atoms with Gasteiger partial charge in [-0.15, -0.1) is 11.3 Å². The predicted octanol–water partition coefficient (Wildman–Crippen LogP) is 15.1. The minimum atomic E-state index is -0.00201. The van der Waals surface area contributed by atoms with Crippen LogP contribution in [0.5, 0.6) is 0 Å². The average molecular weight is 822 g/mol. The molecule has 0 aromatic carbocycles. The molecular formula is C49H95N3O4S. The van der Waals surface area contributed by atoms with E-state index in [1.807, 2.05) is 11.6 Å². The Hall–Kier alpha value is -1.22. The number of carbonyl (C=O) groups excluding carboxylic acids is 1. The molecule has 336 valence electrons. The van der Waals surface area contributed by atoms with E-state index in [4.69, 9.17) is 14.2 Å². The summed E-state index contributed by atoms with van der Waals surface area (Å²) in [5.74, 6) is -0.00201. The number of ether oxygens (including phenoxy) is 3. The van der Waals surface area contributed by atoms with E-state index in [1.165, 1.54) is 193 Å². The maximum atomic E-state index is 12.1. The van der Waals surface area contributed by atoms with Crippen LogP contribution in [-0.4, -0.2) is 68.1 Å². The van der Waals surface area contributed by atoms with Gasteiger partial charge in [0, 0.05) is 31.1 Å². The van der Waals surface area contributed by atoms with Gasteiger partial charge in [-0.1, -0.05) is 181 Å². The summed E-state index contributed by atoms with van der Waals surface area (Å²) in [5, 5.41) is 6.53. The van der Waals surface area contributed by atoms with Gasteiger partial charge in [0.2, 0.25) is 0 Å². The second-order valence-electron chi connectivity index (χ2n) is 16.9.